The molecule has 55 heavy (non-hydrogen) atoms. The number of esters is 1. The van der Waals surface area contributed by atoms with E-state index in [1.54, 1.807) is 0 Å². The van der Waals surface area contributed by atoms with Crippen molar-refractivity contribution in [1.82, 2.24) is 4.90 Å². The molecule has 1 N–H and O–H groups in total. The number of aliphatic hydroxyl groups excluding tert-OH is 1. The molecule has 0 aliphatic rings. The van der Waals surface area contributed by atoms with Crippen LogP contribution in [0.2, 0.25) is 19.1 Å². The fourth-order valence-corrected chi connectivity index (χ4v) is 9.89. The summed E-state index contributed by atoms with van der Waals surface area (Å²) in [5.41, 5.74) is 0. The van der Waals surface area contributed by atoms with Gasteiger partial charge in [0.25, 0.3) is 0 Å². The van der Waals surface area contributed by atoms with E-state index in [4.69, 9.17) is 13.9 Å². The lowest BCUT2D eigenvalue weighted by molar-refractivity contribution is -0.149. The Kier molecular flexibility index (Phi) is 41.3. The Morgan fingerprint density at radius 1 is 0.509 bits per heavy atom. The average Bonchev–Trinajstić information content (AvgIpc) is 3.17. The first kappa shape index (κ1) is 54.5. The van der Waals surface area contributed by atoms with E-state index in [1.165, 1.54) is 147 Å². The van der Waals surface area contributed by atoms with Gasteiger partial charge in [0.05, 0.1) is 19.1 Å². The molecule has 0 rings (SSSR count). The van der Waals surface area contributed by atoms with Gasteiger partial charge in [0.2, 0.25) is 0 Å². The minimum absolute atomic E-state index is 0.0156. The lowest BCUT2D eigenvalue weighted by Crippen LogP contribution is -2.37. The number of rotatable bonds is 45. The molecule has 0 saturated heterocycles. The highest BCUT2D eigenvalue weighted by Crippen LogP contribution is 2.23. The van der Waals surface area contributed by atoms with Crippen molar-refractivity contribution < 1.29 is 23.8 Å². The van der Waals surface area contributed by atoms with Crippen LogP contribution in [0.4, 0.5) is 0 Å². The lowest BCUT2D eigenvalue weighted by atomic mass is 9.94. The highest BCUT2D eigenvalue weighted by molar-refractivity contribution is 6.71. The van der Waals surface area contributed by atoms with Crippen molar-refractivity contribution in [3.05, 3.63) is 0 Å². The van der Waals surface area contributed by atoms with Gasteiger partial charge >= 0.3 is 5.97 Å². The Morgan fingerprint density at radius 2 is 0.927 bits per heavy atom. The van der Waals surface area contributed by atoms with Gasteiger partial charge in [0, 0.05) is 13.2 Å². The molecule has 0 radical (unpaired) electrons. The second-order valence-corrected chi connectivity index (χ2v) is 21.8. The fraction of sp³-hybridized carbons (Fsp3) is 0.979. The van der Waals surface area contributed by atoms with E-state index in [-0.39, 0.29) is 24.8 Å². The van der Waals surface area contributed by atoms with Crippen LogP contribution in [0.5, 0.6) is 0 Å². The minimum atomic E-state index is -1.78. The Hall–Kier alpha value is -0.473. The molecule has 0 bridgehead atoms. The predicted molar refractivity (Wildman–Crippen MR) is 242 cm³/mol. The molecule has 0 fully saturated rings. The van der Waals surface area contributed by atoms with Gasteiger partial charge in [0.1, 0.15) is 6.29 Å². The summed E-state index contributed by atoms with van der Waals surface area (Å²) < 4.78 is 19.0. The van der Waals surface area contributed by atoms with E-state index in [0.29, 0.717) is 6.61 Å². The number of unbranched alkanes of at least 4 members (excludes halogenated alkanes) is 23. The summed E-state index contributed by atoms with van der Waals surface area (Å²) in [5, 5.41) is 9.69. The molecule has 0 aliphatic heterocycles. The van der Waals surface area contributed by atoms with Crippen molar-refractivity contribution in [2.45, 2.75) is 259 Å². The van der Waals surface area contributed by atoms with Crippen LogP contribution in [0, 0.1) is 5.92 Å². The Bertz CT molecular complexity index is 783. The number of carbonyl (C=O) groups is 1. The molecule has 6 nitrogen and oxygen atoms in total. The third-order valence-electron chi connectivity index (χ3n) is 11.5. The number of ether oxygens (including phenoxy) is 2. The standard InChI is InChI=1S/C48H99NO5Si/c1-7-11-15-19-22-29-37-46(36-28-18-14-10-4)48(51)53-44-34-26-23-31-39-49(41-42-50)40-32-24-27-35-45-55(5,6)54-47(38-30-21-17-13-9-3)52-43-33-25-20-16-12-8-2/h46-47,50H,7-45H2,1-6H3. The predicted octanol–water partition coefficient (Wildman–Crippen LogP) is 14.6. The van der Waals surface area contributed by atoms with Gasteiger partial charge in [-0.15, -0.1) is 0 Å². The normalized spacial score (nSPS) is 13.2. The SMILES string of the molecule is CCCCCCCCOC(CCCCCCC)O[Si](C)(C)CCCCCCN(CCO)CCCCCCOC(=O)C(CCCCCC)CCCCCCCC. The molecule has 330 valence electrons. The summed E-state index contributed by atoms with van der Waals surface area (Å²) >= 11 is 0. The summed E-state index contributed by atoms with van der Waals surface area (Å²) in [4.78, 5) is 15.4. The molecular weight excluding hydrogens is 699 g/mol. The van der Waals surface area contributed by atoms with Crippen LogP contribution in [0.15, 0.2) is 0 Å². The Balaban J connectivity index is 4.34. The summed E-state index contributed by atoms with van der Waals surface area (Å²) in [5.74, 6) is 0.154. The van der Waals surface area contributed by atoms with Crippen LogP contribution in [0.25, 0.3) is 0 Å². The van der Waals surface area contributed by atoms with E-state index in [9.17, 15) is 9.90 Å². The second-order valence-electron chi connectivity index (χ2n) is 17.6. The molecule has 0 aromatic rings. The van der Waals surface area contributed by atoms with Crippen LogP contribution in [0.1, 0.15) is 233 Å². The van der Waals surface area contributed by atoms with Crippen LogP contribution < -0.4 is 0 Å². The van der Waals surface area contributed by atoms with Gasteiger partial charge in [-0.2, -0.15) is 0 Å². The van der Waals surface area contributed by atoms with E-state index < -0.39 is 8.32 Å². The van der Waals surface area contributed by atoms with Crippen LogP contribution in [-0.4, -0.2) is 70.0 Å². The lowest BCUT2D eigenvalue weighted by Gasteiger charge is -2.30. The topological polar surface area (TPSA) is 68.2 Å². The Labute approximate surface area is 345 Å². The maximum Gasteiger partial charge on any atom is 0.308 e. The zero-order valence-electron chi connectivity index (χ0n) is 38.3. The van der Waals surface area contributed by atoms with Crippen molar-refractivity contribution in [2.24, 2.45) is 5.92 Å². The number of carbonyl (C=O) groups excluding carboxylic acids is 1. The van der Waals surface area contributed by atoms with Gasteiger partial charge in [0.15, 0.2) is 8.32 Å². The maximum absolute atomic E-state index is 13.0. The van der Waals surface area contributed by atoms with Crippen molar-refractivity contribution in [2.75, 3.05) is 39.5 Å². The molecule has 0 aliphatic carbocycles. The van der Waals surface area contributed by atoms with Gasteiger partial charge in [-0.3, -0.25) is 4.79 Å². The Morgan fingerprint density at radius 3 is 1.45 bits per heavy atom. The number of hydrogen-bond acceptors (Lipinski definition) is 6. The summed E-state index contributed by atoms with van der Waals surface area (Å²) in [7, 11) is -1.78. The molecule has 2 unspecified atom stereocenters. The molecule has 0 spiro atoms. The van der Waals surface area contributed by atoms with E-state index >= 15 is 0 Å². The molecule has 0 aromatic carbocycles. The monoisotopic (exact) mass is 798 g/mol. The first-order valence-corrected chi connectivity index (χ1v) is 27.7. The average molecular weight is 798 g/mol. The number of hydrogen-bond donors (Lipinski definition) is 1. The molecule has 0 amide bonds. The van der Waals surface area contributed by atoms with Crippen LogP contribution in [0.3, 0.4) is 0 Å². The zero-order valence-corrected chi connectivity index (χ0v) is 39.3. The maximum atomic E-state index is 13.0. The highest BCUT2D eigenvalue weighted by Gasteiger charge is 2.27. The third-order valence-corrected chi connectivity index (χ3v) is 13.9. The van der Waals surface area contributed by atoms with E-state index in [1.807, 2.05) is 0 Å². The van der Waals surface area contributed by atoms with Crippen LogP contribution >= 0.6 is 0 Å². The molecule has 7 heteroatoms. The fourth-order valence-electron chi connectivity index (χ4n) is 7.77. The smallest absolute Gasteiger partial charge is 0.308 e. The first-order chi connectivity index (χ1) is 26.8. The minimum Gasteiger partial charge on any atom is -0.465 e. The number of aliphatic hydroxyl groups is 1. The first-order valence-electron chi connectivity index (χ1n) is 24.6. The quantitative estimate of drug-likeness (QED) is 0.0286. The molecule has 0 aromatic heterocycles. The van der Waals surface area contributed by atoms with Gasteiger partial charge in [-0.1, -0.05) is 182 Å². The largest absolute Gasteiger partial charge is 0.465 e. The molecule has 2 atom stereocenters. The second kappa shape index (κ2) is 41.7. The summed E-state index contributed by atoms with van der Waals surface area (Å²) in [6.45, 7) is 18.4. The van der Waals surface area contributed by atoms with Gasteiger partial charge in [-0.25, -0.2) is 0 Å². The van der Waals surface area contributed by atoms with E-state index in [2.05, 4.69) is 45.7 Å². The number of nitrogens with zero attached hydrogens (tertiary/aromatic N) is 1. The third kappa shape index (κ3) is 37.5. The summed E-state index contributed by atoms with van der Waals surface area (Å²) in [6.07, 6.45) is 39.0. The van der Waals surface area contributed by atoms with Gasteiger partial charge in [-0.05, 0) is 83.6 Å². The van der Waals surface area contributed by atoms with Crippen molar-refractivity contribution in [3.8, 4) is 0 Å². The van der Waals surface area contributed by atoms with Crippen molar-refractivity contribution in [3.63, 3.8) is 0 Å². The highest BCUT2D eigenvalue weighted by atomic mass is 28.4. The molecular formula is C48H99NO5Si. The zero-order chi connectivity index (χ0) is 40.5. The van der Waals surface area contributed by atoms with Crippen LogP contribution in [-0.2, 0) is 18.7 Å². The van der Waals surface area contributed by atoms with Crippen molar-refractivity contribution >= 4 is 14.3 Å². The molecule has 0 heterocycles. The molecule has 0 saturated carbocycles. The summed E-state index contributed by atoms with van der Waals surface area (Å²) in [6, 6.07) is 1.20. The van der Waals surface area contributed by atoms with Crippen molar-refractivity contribution in [1.29, 1.82) is 0 Å². The van der Waals surface area contributed by atoms with Gasteiger partial charge < -0.3 is 23.9 Å². The van der Waals surface area contributed by atoms with E-state index in [0.717, 1.165) is 90.4 Å².